The van der Waals surface area contributed by atoms with Crippen LogP contribution in [0.1, 0.15) is 12.8 Å². The van der Waals surface area contributed by atoms with E-state index in [1.807, 2.05) is 0 Å². The molecule has 1 aliphatic rings. The Hall–Kier alpha value is -0.120. The van der Waals surface area contributed by atoms with E-state index in [1.165, 1.54) is 0 Å². The molecule has 1 atom stereocenters. The number of ether oxygens (including phenoxy) is 3. The summed E-state index contributed by atoms with van der Waals surface area (Å²) in [6.45, 7) is 3.33. The third kappa shape index (κ3) is 5.18. The Balaban J connectivity index is 1.66. The molecule has 1 heterocycles. The van der Waals surface area contributed by atoms with Crippen LogP contribution in [0.5, 0.6) is 0 Å². The molecule has 1 rings (SSSR count). The predicted molar refractivity (Wildman–Crippen MR) is 41.7 cm³/mol. The first-order chi connectivity index (χ1) is 5.43. The third-order valence-corrected chi connectivity index (χ3v) is 1.59. The zero-order valence-electron chi connectivity index (χ0n) is 7.04. The molecule has 3 heteroatoms. The van der Waals surface area contributed by atoms with E-state index < -0.39 is 0 Å². The van der Waals surface area contributed by atoms with Gasteiger partial charge in [-0.2, -0.15) is 0 Å². The van der Waals surface area contributed by atoms with Gasteiger partial charge in [-0.3, -0.25) is 0 Å². The molecular formula is C8H16O3. The Labute approximate surface area is 67.6 Å². The minimum atomic E-state index is 0.400. The van der Waals surface area contributed by atoms with E-state index in [1.54, 1.807) is 7.11 Å². The van der Waals surface area contributed by atoms with E-state index in [0.717, 1.165) is 39.3 Å². The summed E-state index contributed by atoms with van der Waals surface area (Å²) in [6, 6.07) is 0. The molecule has 0 amide bonds. The van der Waals surface area contributed by atoms with Crippen molar-refractivity contribution in [1.29, 1.82) is 0 Å². The van der Waals surface area contributed by atoms with Crippen LogP contribution in [0.3, 0.4) is 0 Å². The monoisotopic (exact) mass is 160 g/mol. The van der Waals surface area contributed by atoms with E-state index in [9.17, 15) is 0 Å². The molecule has 0 aromatic rings. The zero-order valence-corrected chi connectivity index (χ0v) is 7.04. The van der Waals surface area contributed by atoms with Crippen molar-refractivity contribution < 1.29 is 14.2 Å². The van der Waals surface area contributed by atoms with Crippen LogP contribution in [0, 0.1) is 0 Å². The van der Waals surface area contributed by atoms with Gasteiger partial charge in [-0.15, -0.1) is 0 Å². The minimum absolute atomic E-state index is 0.400. The molecule has 0 spiro atoms. The topological polar surface area (TPSA) is 31.0 Å². The number of unbranched alkanes of at least 4 members (excludes halogenated alkanes) is 1. The fraction of sp³-hybridized carbons (Fsp3) is 1.00. The highest BCUT2D eigenvalue weighted by Gasteiger charge is 2.21. The Morgan fingerprint density at radius 1 is 1.36 bits per heavy atom. The zero-order chi connectivity index (χ0) is 7.94. The van der Waals surface area contributed by atoms with Gasteiger partial charge in [0.15, 0.2) is 0 Å². The molecule has 66 valence electrons. The lowest BCUT2D eigenvalue weighted by molar-refractivity contribution is 0.105. The maximum atomic E-state index is 5.32. The van der Waals surface area contributed by atoms with Gasteiger partial charge >= 0.3 is 0 Å². The van der Waals surface area contributed by atoms with Gasteiger partial charge in [0.2, 0.25) is 0 Å². The lowest BCUT2D eigenvalue weighted by atomic mass is 10.3. The van der Waals surface area contributed by atoms with E-state index in [0.29, 0.717) is 6.10 Å². The van der Waals surface area contributed by atoms with Crippen LogP contribution >= 0.6 is 0 Å². The standard InChI is InChI=1S/C8H16O3/c1-9-4-2-3-5-10-6-8-7-11-8/h8H,2-7H2,1H3. The summed E-state index contributed by atoms with van der Waals surface area (Å²) in [5.41, 5.74) is 0. The van der Waals surface area contributed by atoms with Crippen LogP contribution in [0.4, 0.5) is 0 Å². The summed E-state index contributed by atoms with van der Waals surface area (Å²) in [4.78, 5) is 0. The van der Waals surface area contributed by atoms with E-state index in [2.05, 4.69) is 0 Å². The lowest BCUT2D eigenvalue weighted by Crippen LogP contribution is -2.03. The van der Waals surface area contributed by atoms with Gasteiger partial charge in [0.25, 0.3) is 0 Å². The molecule has 0 aliphatic carbocycles. The van der Waals surface area contributed by atoms with Crippen molar-refractivity contribution in [1.82, 2.24) is 0 Å². The summed E-state index contributed by atoms with van der Waals surface area (Å²) in [5.74, 6) is 0. The van der Waals surface area contributed by atoms with Crippen molar-refractivity contribution in [2.24, 2.45) is 0 Å². The molecule has 0 radical (unpaired) electrons. The quantitative estimate of drug-likeness (QED) is 0.408. The van der Waals surface area contributed by atoms with Crippen LogP contribution in [-0.4, -0.2) is 39.6 Å². The highest BCUT2D eigenvalue weighted by atomic mass is 16.6. The van der Waals surface area contributed by atoms with Gasteiger partial charge in [-0.25, -0.2) is 0 Å². The SMILES string of the molecule is COCCCCOCC1CO1. The molecule has 0 bridgehead atoms. The van der Waals surface area contributed by atoms with Crippen LogP contribution in [0.2, 0.25) is 0 Å². The van der Waals surface area contributed by atoms with Crippen molar-refractivity contribution in [3.63, 3.8) is 0 Å². The Kier molecular flexibility index (Phi) is 4.50. The predicted octanol–water partition coefficient (Wildman–Crippen LogP) is 0.828. The maximum absolute atomic E-state index is 5.32. The van der Waals surface area contributed by atoms with Crippen LogP contribution in [0.15, 0.2) is 0 Å². The third-order valence-electron chi connectivity index (χ3n) is 1.59. The molecule has 0 aromatic carbocycles. The first-order valence-corrected chi connectivity index (χ1v) is 4.12. The van der Waals surface area contributed by atoms with Crippen molar-refractivity contribution >= 4 is 0 Å². The Morgan fingerprint density at radius 3 is 2.73 bits per heavy atom. The van der Waals surface area contributed by atoms with Crippen molar-refractivity contribution in [3.05, 3.63) is 0 Å². The van der Waals surface area contributed by atoms with E-state index in [4.69, 9.17) is 14.2 Å². The minimum Gasteiger partial charge on any atom is -0.385 e. The van der Waals surface area contributed by atoms with Crippen molar-refractivity contribution in [2.75, 3.05) is 33.5 Å². The first kappa shape index (κ1) is 8.97. The molecule has 0 N–H and O–H groups in total. The summed E-state index contributed by atoms with van der Waals surface area (Å²) in [7, 11) is 1.72. The number of epoxide rings is 1. The molecular weight excluding hydrogens is 144 g/mol. The van der Waals surface area contributed by atoms with Gasteiger partial charge < -0.3 is 14.2 Å². The van der Waals surface area contributed by atoms with E-state index >= 15 is 0 Å². The molecule has 1 fully saturated rings. The van der Waals surface area contributed by atoms with Gasteiger partial charge in [0.05, 0.1) is 13.2 Å². The molecule has 11 heavy (non-hydrogen) atoms. The second-order valence-electron chi connectivity index (χ2n) is 2.73. The van der Waals surface area contributed by atoms with Crippen LogP contribution in [0.25, 0.3) is 0 Å². The second kappa shape index (κ2) is 5.52. The van der Waals surface area contributed by atoms with Crippen molar-refractivity contribution in [2.45, 2.75) is 18.9 Å². The van der Waals surface area contributed by atoms with Gasteiger partial charge in [-0.05, 0) is 12.8 Å². The molecule has 0 aromatic heterocycles. The summed E-state index contributed by atoms with van der Waals surface area (Å²) < 4.78 is 15.2. The van der Waals surface area contributed by atoms with Crippen LogP contribution in [-0.2, 0) is 14.2 Å². The largest absolute Gasteiger partial charge is 0.385 e. The summed E-state index contributed by atoms with van der Waals surface area (Å²) >= 11 is 0. The fourth-order valence-corrected chi connectivity index (χ4v) is 0.830. The highest BCUT2D eigenvalue weighted by molar-refractivity contribution is 4.66. The Bertz CT molecular complexity index is 91.3. The van der Waals surface area contributed by atoms with Crippen molar-refractivity contribution in [3.8, 4) is 0 Å². The van der Waals surface area contributed by atoms with Crippen LogP contribution < -0.4 is 0 Å². The molecule has 1 aliphatic heterocycles. The van der Waals surface area contributed by atoms with Gasteiger partial charge in [0, 0.05) is 20.3 Å². The van der Waals surface area contributed by atoms with Gasteiger partial charge in [0.1, 0.15) is 6.10 Å². The van der Waals surface area contributed by atoms with E-state index in [-0.39, 0.29) is 0 Å². The number of rotatable bonds is 7. The molecule has 3 nitrogen and oxygen atoms in total. The average Bonchev–Trinajstić information content (AvgIpc) is 2.80. The summed E-state index contributed by atoms with van der Waals surface area (Å²) in [6.07, 6.45) is 2.57. The summed E-state index contributed by atoms with van der Waals surface area (Å²) in [5, 5.41) is 0. The number of methoxy groups -OCH3 is 1. The normalized spacial score (nSPS) is 22.1. The Morgan fingerprint density at radius 2 is 2.09 bits per heavy atom. The number of hydrogen-bond acceptors (Lipinski definition) is 3. The maximum Gasteiger partial charge on any atom is 0.104 e. The average molecular weight is 160 g/mol. The molecule has 0 saturated carbocycles. The lowest BCUT2D eigenvalue weighted by Gasteiger charge is -2.00. The molecule has 1 saturated heterocycles. The second-order valence-corrected chi connectivity index (χ2v) is 2.73. The van der Waals surface area contributed by atoms with Gasteiger partial charge in [-0.1, -0.05) is 0 Å². The first-order valence-electron chi connectivity index (χ1n) is 4.12. The number of hydrogen-bond donors (Lipinski definition) is 0. The highest BCUT2D eigenvalue weighted by Crippen LogP contribution is 2.08. The smallest absolute Gasteiger partial charge is 0.104 e. The fourth-order valence-electron chi connectivity index (χ4n) is 0.830. The molecule has 1 unspecified atom stereocenters.